The Kier molecular flexibility index (Phi) is 1.91. The van der Waals surface area contributed by atoms with Crippen molar-refractivity contribution >= 4 is 6.21 Å². The van der Waals surface area contributed by atoms with Gasteiger partial charge in [-0.2, -0.15) is 0 Å². The van der Waals surface area contributed by atoms with Gasteiger partial charge in [0, 0.05) is 24.1 Å². The summed E-state index contributed by atoms with van der Waals surface area (Å²) in [6.45, 7) is 0.803. The van der Waals surface area contributed by atoms with E-state index in [4.69, 9.17) is 9.94 Å². The van der Waals surface area contributed by atoms with Crippen molar-refractivity contribution in [2.75, 3.05) is 6.61 Å². The molecule has 0 spiro atoms. The molecule has 78 valence electrons. The average molecular weight is 203 g/mol. The Morgan fingerprint density at radius 3 is 3.27 bits per heavy atom. The maximum absolute atomic E-state index is 8.48. The highest BCUT2D eigenvalue weighted by molar-refractivity contribution is 5.67. The van der Waals surface area contributed by atoms with Crippen LogP contribution in [0, 0.1) is 5.92 Å². The number of rotatable bonds is 2. The first kappa shape index (κ1) is 8.77. The largest absolute Gasteiger partial charge is 0.493 e. The number of hydrogen-bond donors (Lipinski definition) is 1. The Bertz CT molecular complexity index is 414. The van der Waals surface area contributed by atoms with Crippen molar-refractivity contribution in [2.24, 2.45) is 11.1 Å². The Hall–Kier alpha value is -1.51. The molecule has 15 heavy (non-hydrogen) atoms. The number of hydrogen-bond acceptors (Lipinski definition) is 3. The van der Waals surface area contributed by atoms with Gasteiger partial charge in [-0.3, -0.25) is 0 Å². The topological polar surface area (TPSA) is 41.8 Å². The summed E-state index contributed by atoms with van der Waals surface area (Å²) in [5.41, 5.74) is 2.74. The summed E-state index contributed by atoms with van der Waals surface area (Å²) in [6.07, 6.45) is 3.76. The SMILES string of the molecule is O/N=C/[C@@H]1C[C@H]1c1cccc2c1CCO2. The van der Waals surface area contributed by atoms with Crippen LogP contribution in [0.2, 0.25) is 0 Å². The Balaban J connectivity index is 1.91. The second kappa shape index (κ2) is 3.26. The molecule has 3 rings (SSSR count). The predicted molar refractivity (Wildman–Crippen MR) is 56.8 cm³/mol. The molecule has 0 bridgehead atoms. The lowest BCUT2D eigenvalue weighted by Crippen LogP contribution is -1.91. The van der Waals surface area contributed by atoms with Crippen LogP contribution in [0.4, 0.5) is 0 Å². The molecule has 0 unspecified atom stereocenters. The van der Waals surface area contributed by atoms with Gasteiger partial charge in [-0.25, -0.2) is 0 Å². The van der Waals surface area contributed by atoms with E-state index in [-0.39, 0.29) is 0 Å². The molecule has 0 radical (unpaired) electrons. The third-order valence-electron chi connectivity index (χ3n) is 3.28. The summed E-state index contributed by atoms with van der Waals surface area (Å²) >= 11 is 0. The summed E-state index contributed by atoms with van der Waals surface area (Å²) in [5, 5.41) is 11.6. The molecular formula is C12H13NO2. The van der Waals surface area contributed by atoms with Crippen LogP contribution in [0.1, 0.15) is 23.5 Å². The number of oxime groups is 1. The Morgan fingerprint density at radius 1 is 1.47 bits per heavy atom. The van der Waals surface area contributed by atoms with Crippen molar-refractivity contribution in [2.45, 2.75) is 18.8 Å². The van der Waals surface area contributed by atoms with Crippen LogP contribution in [0.15, 0.2) is 23.4 Å². The van der Waals surface area contributed by atoms with E-state index >= 15 is 0 Å². The molecule has 1 N–H and O–H groups in total. The first-order valence-electron chi connectivity index (χ1n) is 5.32. The fourth-order valence-corrected chi connectivity index (χ4v) is 2.42. The molecule has 1 aromatic rings. The van der Waals surface area contributed by atoms with Crippen LogP contribution in [0.25, 0.3) is 0 Å². The normalized spacial score (nSPS) is 27.7. The Labute approximate surface area is 88.4 Å². The van der Waals surface area contributed by atoms with Crippen LogP contribution in [-0.4, -0.2) is 18.0 Å². The minimum Gasteiger partial charge on any atom is -0.493 e. The maximum Gasteiger partial charge on any atom is 0.122 e. The molecule has 2 atom stereocenters. The molecule has 1 aliphatic heterocycles. The minimum atomic E-state index is 0.419. The van der Waals surface area contributed by atoms with Crippen molar-refractivity contribution in [3.05, 3.63) is 29.3 Å². The molecule has 3 heteroatoms. The van der Waals surface area contributed by atoms with Gasteiger partial charge >= 0.3 is 0 Å². The quantitative estimate of drug-likeness (QED) is 0.454. The molecule has 1 saturated carbocycles. The van der Waals surface area contributed by atoms with Gasteiger partial charge in [-0.15, -0.1) is 5.16 Å². The highest BCUT2D eigenvalue weighted by atomic mass is 16.5. The van der Waals surface area contributed by atoms with E-state index in [0.29, 0.717) is 11.8 Å². The van der Waals surface area contributed by atoms with E-state index in [9.17, 15) is 0 Å². The second-order valence-corrected chi connectivity index (χ2v) is 4.19. The highest BCUT2D eigenvalue weighted by Gasteiger charge is 2.39. The monoisotopic (exact) mass is 203 g/mol. The van der Waals surface area contributed by atoms with Gasteiger partial charge in [0.1, 0.15) is 5.75 Å². The molecule has 2 aliphatic rings. The van der Waals surface area contributed by atoms with E-state index in [2.05, 4.69) is 11.2 Å². The van der Waals surface area contributed by atoms with Crippen LogP contribution >= 0.6 is 0 Å². The summed E-state index contributed by atoms with van der Waals surface area (Å²) in [4.78, 5) is 0. The van der Waals surface area contributed by atoms with Crippen molar-refractivity contribution in [3.8, 4) is 5.75 Å². The van der Waals surface area contributed by atoms with Crippen LogP contribution in [-0.2, 0) is 6.42 Å². The lowest BCUT2D eigenvalue weighted by atomic mass is 10.0. The number of benzene rings is 1. The van der Waals surface area contributed by atoms with Crippen LogP contribution < -0.4 is 4.74 Å². The van der Waals surface area contributed by atoms with Gasteiger partial charge in [0.15, 0.2) is 0 Å². The van der Waals surface area contributed by atoms with Gasteiger partial charge in [-0.05, 0) is 24.0 Å². The van der Waals surface area contributed by atoms with Crippen LogP contribution in [0.3, 0.4) is 0 Å². The summed E-state index contributed by atoms with van der Waals surface area (Å²) in [7, 11) is 0. The van der Waals surface area contributed by atoms with E-state index < -0.39 is 0 Å². The van der Waals surface area contributed by atoms with Gasteiger partial charge in [-0.1, -0.05) is 12.1 Å². The average Bonchev–Trinajstić information content (AvgIpc) is 2.84. The number of fused-ring (bicyclic) bond motifs is 1. The minimum absolute atomic E-state index is 0.419. The molecule has 0 aromatic heterocycles. The third kappa shape index (κ3) is 1.39. The third-order valence-corrected chi connectivity index (χ3v) is 3.28. The van der Waals surface area contributed by atoms with Crippen molar-refractivity contribution in [3.63, 3.8) is 0 Å². The lowest BCUT2D eigenvalue weighted by Gasteiger charge is -2.04. The van der Waals surface area contributed by atoms with Crippen molar-refractivity contribution in [1.82, 2.24) is 0 Å². The predicted octanol–water partition coefficient (Wildman–Crippen LogP) is 2.18. The first-order chi connectivity index (χ1) is 7.40. The molecule has 0 saturated heterocycles. The van der Waals surface area contributed by atoms with E-state index in [1.165, 1.54) is 11.1 Å². The zero-order chi connectivity index (χ0) is 10.3. The van der Waals surface area contributed by atoms with E-state index in [0.717, 1.165) is 25.2 Å². The lowest BCUT2D eigenvalue weighted by molar-refractivity contribution is 0.320. The van der Waals surface area contributed by atoms with Gasteiger partial charge in [0.05, 0.1) is 6.61 Å². The van der Waals surface area contributed by atoms with E-state index in [1.54, 1.807) is 6.21 Å². The van der Waals surface area contributed by atoms with Gasteiger partial charge in [0.2, 0.25) is 0 Å². The number of nitrogens with zero attached hydrogens (tertiary/aromatic N) is 1. The standard InChI is InChI=1S/C12H13NO2/c14-13-7-8-6-11(8)9-2-1-3-12-10(9)4-5-15-12/h1-3,7-8,11,14H,4-6H2/b13-7+/t8-,11+/m0/s1. The molecule has 1 aromatic carbocycles. The van der Waals surface area contributed by atoms with E-state index in [1.807, 2.05) is 12.1 Å². The molecular weight excluding hydrogens is 190 g/mol. The zero-order valence-corrected chi connectivity index (χ0v) is 8.39. The van der Waals surface area contributed by atoms with Crippen LogP contribution in [0.5, 0.6) is 5.75 Å². The van der Waals surface area contributed by atoms with Gasteiger partial charge < -0.3 is 9.94 Å². The molecule has 1 heterocycles. The van der Waals surface area contributed by atoms with Gasteiger partial charge in [0.25, 0.3) is 0 Å². The Morgan fingerprint density at radius 2 is 2.40 bits per heavy atom. The zero-order valence-electron chi connectivity index (χ0n) is 8.39. The smallest absolute Gasteiger partial charge is 0.122 e. The molecule has 1 fully saturated rings. The number of ether oxygens (including phenoxy) is 1. The molecule has 1 aliphatic carbocycles. The maximum atomic E-state index is 8.48. The summed E-state index contributed by atoms with van der Waals surface area (Å²) in [6, 6.07) is 6.25. The molecule has 3 nitrogen and oxygen atoms in total. The highest BCUT2D eigenvalue weighted by Crippen LogP contribution is 2.49. The molecule has 0 amide bonds. The van der Waals surface area contributed by atoms with Crippen molar-refractivity contribution < 1.29 is 9.94 Å². The fraction of sp³-hybridized carbons (Fsp3) is 0.417. The fourth-order valence-electron chi connectivity index (χ4n) is 2.42. The van der Waals surface area contributed by atoms with Crippen molar-refractivity contribution in [1.29, 1.82) is 0 Å². The first-order valence-corrected chi connectivity index (χ1v) is 5.32. The summed E-state index contributed by atoms with van der Waals surface area (Å²) < 4.78 is 5.53. The second-order valence-electron chi connectivity index (χ2n) is 4.19. The summed E-state index contributed by atoms with van der Waals surface area (Å²) in [5.74, 6) is 2.00.